The maximum absolute atomic E-state index is 12.3. The minimum Gasteiger partial charge on any atom is -0.508 e. The molecule has 1 atom stereocenters. The van der Waals surface area contributed by atoms with Crippen LogP contribution in [0.4, 0.5) is 0 Å². The molecule has 0 aliphatic carbocycles. The van der Waals surface area contributed by atoms with E-state index in [4.69, 9.17) is 9.47 Å². The number of aromatic hydroxyl groups is 1. The molecule has 0 saturated heterocycles. The smallest absolute Gasteiger partial charge is 0.343 e. The number of H-pyrrole nitrogens is 1. The highest BCUT2D eigenvalue weighted by atomic mass is 16.5. The molecule has 2 N–H and O–H groups in total. The summed E-state index contributed by atoms with van der Waals surface area (Å²) in [5.74, 6) is -1.93. The van der Waals surface area contributed by atoms with E-state index in [1.54, 1.807) is 19.1 Å². The van der Waals surface area contributed by atoms with Crippen molar-refractivity contribution in [2.45, 2.75) is 19.3 Å². The lowest BCUT2D eigenvalue weighted by molar-refractivity contribution is -0.135. The van der Waals surface area contributed by atoms with Gasteiger partial charge in [0, 0.05) is 12.1 Å². The summed E-state index contributed by atoms with van der Waals surface area (Å²) in [6.45, 7) is 1.80. The minimum absolute atomic E-state index is 0.00958. The summed E-state index contributed by atoms with van der Waals surface area (Å²) in [6, 6.07) is 6.28. The molecule has 7 nitrogen and oxygen atoms in total. The van der Waals surface area contributed by atoms with Crippen molar-refractivity contribution in [2.24, 2.45) is 0 Å². The second-order valence-electron chi connectivity index (χ2n) is 5.32. The normalized spacial score (nSPS) is 16.2. The molecule has 0 fully saturated rings. The highest BCUT2D eigenvalue weighted by Gasteiger charge is 2.34. The molecule has 0 saturated carbocycles. The lowest BCUT2D eigenvalue weighted by Gasteiger charge is -2.25. The molecule has 0 unspecified atom stereocenters. The predicted octanol–water partition coefficient (Wildman–Crippen LogP) is 1.70. The minimum atomic E-state index is -0.686. The Morgan fingerprint density at radius 3 is 2.92 bits per heavy atom. The van der Waals surface area contributed by atoms with Crippen molar-refractivity contribution in [3.8, 4) is 11.5 Å². The lowest BCUT2D eigenvalue weighted by Crippen LogP contribution is -2.30. The zero-order valence-corrected chi connectivity index (χ0v) is 12.9. The molecular weight excluding hydrogens is 314 g/mol. The summed E-state index contributed by atoms with van der Waals surface area (Å²) in [5.41, 5.74) is 0.286. The Morgan fingerprint density at radius 2 is 2.21 bits per heavy atom. The average Bonchev–Trinajstić information content (AvgIpc) is 2.54. The van der Waals surface area contributed by atoms with Crippen LogP contribution in [0.2, 0.25) is 0 Å². The number of nitrogens with one attached hydrogen (secondary N) is 1. The number of fused-ring (bicyclic) bond motifs is 1. The monoisotopic (exact) mass is 329 g/mol. The maximum Gasteiger partial charge on any atom is 0.343 e. The summed E-state index contributed by atoms with van der Waals surface area (Å²) in [6.07, 6.45) is 1.11. The summed E-state index contributed by atoms with van der Waals surface area (Å²) in [4.78, 5) is 38.8. The van der Waals surface area contributed by atoms with Crippen LogP contribution in [-0.2, 0) is 9.53 Å². The van der Waals surface area contributed by atoms with E-state index >= 15 is 0 Å². The van der Waals surface area contributed by atoms with Crippen molar-refractivity contribution in [1.82, 2.24) is 4.98 Å². The van der Waals surface area contributed by atoms with Gasteiger partial charge in [-0.25, -0.2) is 4.79 Å². The number of carbonyl (C=O) groups is 2. The van der Waals surface area contributed by atoms with E-state index in [1.165, 1.54) is 18.3 Å². The summed E-state index contributed by atoms with van der Waals surface area (Å²) in [7, 11) is 0. The van der Waals surface area contributed by atoms with Crippen LogP contribution in [0.25, 0.3) is 0 Å². The first-order chi connectivity index (χ1) is 11.5. The number of pyridine rings is 1. The fourth-order valence-corrected chi connectivity index (χ4v) is 2.77. The molecule has 0 radical (unpaired) electrons. The summed E-state index contributed by atoms with van der Waals surface area (Å²) < 4.78 is 10.1. The number of phenolic OH excluding ortho intramolecular Hbond substituents is 1. The van der Waals surface area contributed by atoms with Crippen molar-refractivity contribution < 1.29 is 24.2 Å². The molecule has 1 aliphatic heterocycles. The van der Waals surface area contributed by atoms with Crippen molar-refractivity contribution in [1.29, 1.82) is 0 Å². The number of aromatic amines is 1. The molecule has 1 aromatic heterocycles. The predicted molar refractivity (Wildman–Crippen MR) is 83.2 cm³/mol. The average molecular weight is 329 g/mol. The summed E-state index contributed by atoms with van der Waals surface area (Å²) in [5, 5.41) is 9.66. The number of esters is 2. The fourth-order valence-electron chi connectivity index (χ4n) is 2.77. The van der Waals surface area contributed by atoms with Gasteiger partial charge in [-0.1, -0.05) is 12.1 Å². The van der Waals surface area contributed by atoms with Gasteiger partial charge in [0.1, 0.15) is 11.3 Å². The largest absolute Gasteiger partial charge is 0.508 e. The van der Waals surface area contributed by atoms with Gasteiger partial charge in [0.25, 0.3) is 5.56 Å². The summed E-state index contributed by atoms with van der Waals surface area (Å²) >= 11 is 0. The van der Waals surface area contributed by atoms with E-state index in [0.717, 1.165) is 0 Å². The number of carbonyl (C=O) groups excluding carboxylic acids is 2. The molecule has 0 spiro atoms. The third kappa shape index (κ3) is 2.76. The van der Waals surface area contributed by atoms with Gasteiger partial charge < -0.3 is 19.6 Å². The molecule has 1 aromatic carbocycles. The third-order valence-corrected chi connectivity index (χ3v) is 3.78. The first-order valence-corrected chi connectivity index (χ1v) is 7.43. The lowest BCUT2D eigenvalue weighted by atomic mass is 9.86. The van der Waals surface area contributed by atoms with Crippen LogP contribution in [-0.4, -0.2) is 28.6 Å². The molecule has 3 rings (SSSR count). The van der Waals surface area contributed by atoms with E-state index in [0.29, 0.717) is 5.56 Å². The first kappa shape index (κ1) is 15.8. The van der Waals surface area contributed by atoms with E-state index in [9.17, 15) is 19.5 Å². The van der Waals surface area contributed by atoms with Gasteiger partial charge in [-0.05, 0) is 24.6 Å². The standard InChI is InChI=1S/C17H15NO6/c1-2-23-17(22)12-8-18-16(21)14-11(7-13(20)24-15(12)14)9-4-3-5-10(19)6-9/h3-6,8,11,19H,2,7H2,1H3,(H,18,21)/t11-/m1/s1. The second-order valence-corrected chi connectivity index (χ2v) is 5.32. The van der Waals surface area contributed by atoms with Gasteiger partial charge >= 0.3 is 11.9 Å². The van der Waals surface area contributed by atoms with Gasteiger partial charge in [0.2, 0.25) is 0 Å². The van der Waals surface area contributed by atoms with E-state index < -0.39 is 23.4 Å². The van der Waals surface area contributed by atoms with Crippen LogP contribution >= 0.6 is 0 Å². The van der Waals surface area contributed by atoms with Crippen LogP contribution in [0.3, 0.4) is 0 Å². The number of hydrogen-bond acceptors (Lipinski definition) is 6. The van der Waals surface area contributed by atoms with Crippen molar-refractivity contribution >= 4 is 11.9 Å². The van der Waals surface area contributed by atoms with Gasteiger partial charge in [-0.2, -0.15) is 0 Å². The molecule has 0 bridgehead atoms. The number of benzene rings is 1. The maximum atomic E-state index is 12.3. The Labute approximate surface area is 136 Å². The third-order valence-electron chi connectivity index (χ3n) is 3.78. The number of aromatic nitrogens is 1. The molecule has 124 valence electrons. The van der Waals surface area contributed by atoms with Crippen molar-refractivity contribution in [3.63, 3.8) is 0 Å². The molecular formula is C17H15NO6. The van der Waals surface area contributed by atoms with Gasteiger partial charge in [-0.15, -0.1) is 0 Å². The van der Waals surface area contributed by atoms with Gasteiger partial charge in [0.05, 0.1) is 18.6 Å². The Bertz CT molecular complexity index is 870. The highest BCUT2D eigenvalue weighted by Crippen LogP contribution is 2.39. The number of rotatable bonds is 3. The van der Waals surface area contributed by atoms with E-state index in [-0.39, 0.29) is 35.7 Å². The quantitative estimate of drug-likeness (QED) is 0.830. The van der Waals surface area contributed by atoms with Crippen LogP contribution in [0.5, 0.6) is 11.5 Å². The van der Waals surface area contributed by atoms with Crippen LogP contribution in [0.1, 0.15) is 40.7 Å². The molecule has 2 heterocycles. The topological polar surface area (TPSA) is 106 Å². The molecule has 7 heteroatoms. The number of hydrogen-bond donors (Lipinski definition) is 2. The highest BCUT2D eigenvalue weighted by molar-refractivity contribution is 5.94. The van der Waals surface area contributed by atoms with Crippen LogP contribution < -0.4 is 10.3 Å². The number of ether oxygens (including phenoxy) is 2. The van der Waals surface area contributed by atoms with Crippen molar-refractivity contribution in [2.75, 3.05) is 6.61 Å². The van der Waals surface area contributed by atoms with Gasteiger partial charge in [-0.3, -0.25) is 9.59 Å². The Kier molecular flexibility index (Phi) is 4.07. The Balaban J connectivity index is 2.19. The first-order valence-electron chi connectivity index (χ1n) is 7.43. The zero-order chi connectivity index (χ0) is 17.3. The number of phenols is 1. The van der Waals surface area contributed by atoms with E-state index in [2.05, 4.69) is 4.98 Å². The molecule has 24 heavy (non-hydrogen) atoms. The molecule has 1 aliphatic rings. The molecule has 0 amide bonds. The SMILES string of the molecule is CCOC(=O)c1c[nH]c(=O)c2c1OC(=O)C[C@@H]2c1cccc(O)c1. The molecule has 2 aromatic rings. The van der Waals surface area contributed by atoms with E-state index in [1.807, 2.05) is 0 Å². The zero-order valence-electron chi connectivity index (χ0n) is 12.9. The Morgan fingerprint density at radius 1 is 1.42 bits per heavy atom. The fraction of sp³-hybridized carbons (Fsp3) is 0.235. The second kappa shape index (κ2) is 6.19. The van der Waals surface area contributed by atoms with Crippen LogP contribution in [0, 0.1) is 0 Å². The van der Waals surface area contributed by atoms with Crippen LogP contribution in [0.15, 0.2) is 35.3 Å². The van der Waals surface area contributed by atoms with Crippen molar-refractivity contribution in [3.05, 3.63) is 57.5 Å². The Hall–Kier alpha value is -3.09. The van der Waals surface area contributed by atoms with Gasteiger partial charge in [0.15, 0.2) is 5.75 Å².